The first kappa shape index (κ1) is 20.6. The van der Waals surface area contributed by atoms with Crippen LogP contribution >= 0.6 is 23.1 Å². The first-order chi connectivity index (χ1) is 15.1. The van der Waals surface area contributed by atoms with Crippen LogP contribution in [0.2, 0.25) is 0 Å². The summed E-state index contributed by atoms with van der Waals surface area (Å²) in [5.74, 6) is 0.451. The number of rotatable bonds is 3. The molecule has 0 radical (unpaired) electrons. The van der Waals surface area contributed by atoms with Gasteiger partial charge >= 0.3 is 0 Å². The second kappa shape index (κ2) is 8.71. The molecule has 1 saturated heterocycles. The molecular formula is C24H25N3O2S2. The van der Waals surface area contributed by atoms with Gasteiger partial charge in [-0.3, -0.25) is 14.5 Å². The van der Waals surface area contributed by atoms with E-state index in [1.54, 1.807) is 23.5 Å². The van der Waals surface area contributed by atoms with Crippen LogP contribution < -0.4 is 0 Å². The highest BCUT2D eigenvalue weighted by molar-refractivity contribution is 8.00. The normalized spacial score (nSPS) is 19.3. The zero-order valence-corrected chi connectivity index (χ0v) is 19.2. The minimum Gasteiger partial charge on any atom is -0.278 e. The number of thioether (sulfide) groups is 1. The van der Waals surface area contributed by atoms with Gasteiger partial charge in [0.1, 0.15) is 15.7 Å². The van der Waals surface area contributed by atoms with Crippen molar-refractivity contribution in [3.05, 3.63) is 52.2 Å². The van der Waals surface area contributed by atoms with Gasteiger partial charge < -0.3 is 0 Å². The third kappa shape index (κ3) is 4.01. The van der Waals surface area contributed by atoms with Gasteiger partial charge in [0.2, 0.25) is 5.91 Å². The number of fused-ring (bicyclic) bond motifs is 3. The number of amides is 2. The molecule has 2 amide bonds. The molecule has 7 heteroatoms. The lowest BCUT2D eigenvalue weighted by atomic mass is 9.97. The molecule has 160 valence electrons. The Bertz CT molecular complexity index is 1140. The molecular weight excluding hydrogens is 426 g/mol. The van der Waals surface area contributed by atoms with E-state index in [2.05, 4.69) is 0 Å². The largest absolute Gasteiger partial charge is 0.278 e. The second-order valence-corrected chi connectivity index (χ2v) is 10.5. The molecule has 2 aliphatic rings. The summed E-state index contributed by atoms with van der Waals surface area (Å²) in [6.45, 7) is 2.40. The monoisotopic (exact) mass is 451 g/mol. The SMILES string of the molecule is Cc1nc(SC2CCCCN(C(=O)c3ccccc3)C2=O)c2c3c(sc2n1)CCCC3. The molecule has 1 unspecified atom stereocenters. The molecule has 1 atom stereocenters. The van der Waals surface area contributed by atoms with E-state index in [-0.39, 0.29) is 17.1 Å². The molecule has 3 heterocycles. The van der Waals surface area contributed by atoms with E-state index in [1.165, 1.54) is 39.9 Å². The Hall–Kier alpha value is -2.25. The lowest BCUT2D eigenvalue weighted by Crippen LogP contribution is -2.41. The highest BCUT2D eigenvalue weighted by atomic mass is 32.2. The minimum absolute atomic E-state index is 0.0927. The molecule has 1 aliphatic carbocycles. The summed E-state index contributed by atoms with van der Waals surface area (Å²) in [6.07, 6.45) is 7.13. The van der Waals surface area contributed by atoms with E-state index in [9.17, 15) is 9.59 Å². The number of carbonyl (C=O) groups is 2. The Morgan fingerprint density at radius 3 is 2.74 bits per heavy atom. The van der Waals surface area contributed by atoms with Crippen LogP contribution in [0.1, 0.15) is 58.7 Å². The summed E-state index contributed by atoms with van der Waals surface area (Å²) in [4.78, 5) is 39.9. The Balaban J connectivity index is 1.48. The summed E-state index contributed by atoms with van der Waals surface area (Å²) in [5.41, 5.74) is 1.95. The summed E-state index contributed by atoms with van der Waals surface area (Å²) < 4.78 is 0. The van der Waals surface area contributed by atoms with Crippen molar-refractivity contribution in [2.45, 2.75) is 62.1 Å². The topological polar surface area (TPSA) is 63.2 Å². The average Bonchev–Trinajstić information content (AvgIpc) is 3.06. The van der Waals surface area contributed by atoms with Crippen molar-refractivity contribution in [1.29, 1.82) is 0 Å². The Labute approximate surface area is 190 Å². The van der Waals surface area contributed by atoms with Crippen molar-refractivity contribution >= 4 is 45.1 Å². The zero-order chi connectivity index (χ0) is 21.4. The maximum atomic E-state index is 13.5. The van der Waals surface area contributed by atoms with E-state index in [0.717, 1.165) is 53.2 Å². The quantitative estimate of drug-likeness (QED) is 0.405. The first-order valence-electron chi connectivity index (χ1n) is 11.0. The molecule has 5 nitrogen and oxygen atoms in total. The second-order valence-electron chi connectivity index (χ2n) is 8.23. The lowest BCUT2D eigenvalue weighted by Gasteiger charge is -2.22. The molecule has 31 heavy (non-hydrogen) atoms. The van der Waals surface area contributed by atoms with Crippen LogP contribution in [-0.2, 0) is 17.6 Å². The molecule has 0 spiro atoms. The number of hydrogen-bond donors (Lipinski definition) is 0. The highest BCUT2D eigenvalue weighted by Gasteiger charge is 2.33. The van der Waals surface area contributed by atoms with Gasteiger partial charge in [0.15, 0.2) is 0 Å². The predicted octanol–water partition coefficient (Wildman–Crippen LogP) is 5.19. The maximum Gasteiger partial charge on any atom is 0.260 e. The van der Waals surface area contributed by atoms with Crippen molar-refractivity contribution in [2.24, 2.45) is 0 Å². The number of nitrogens with zero attached hydrogens (tertiary/aromatic N) is 3. The molecule has 1 aliphatic heterocycles. The van der Waals surface area contributed by atoms with Crippen molar-refractivity contribution < 1.29 is 9.59 Å². The number of carbonyl (C=O) groups excluding carboxylic acids is 2. The van der Waals surface area contributed by atoms with Gasteiger partial charge in [-0.15, -0.1) is 11.3 Å². The van der Waals surface area contributed by atoms with E-state index < -0.39 is 0 Å². The van der Waals surface area contributed by atoms with Gasteiger partial charge in [-0.25, -0.2) is 9.97 Å². The number of hydrogen-bond acceptors (Lipinski definition) is 6. The fourth-order valence-corrected chi connectivity index (χ4v) is 7.18. The van der Waals surface area contributed by atoms with E-state index >= 15 is 0 Å². The van der Waals surface area contributed by atoms with Crippen LogP contribution in [0.15, 0.2) is 35.4 Å². The highest BCUT2D eigenvalue weighted by Crippen LogP contribution is 2.41. The fraction of sp³-hybridized carbons (Fsp3) is 0.417. The smallest absolute Gasteiger partial charge is 0.260 e. The van der Waals surface area contributed by atoms with Crippen LogP contribution in [0.4, 0.5) is 0 Å². The van der Waals surface area contributed by atoms with Crippen LogP contribution in [0.25, 0.3) is 10.2 Å². The van der Waals surface area contributed by atoms with E-state index in [0.29, 0.717) is 12.1 Å². The van der Waals surface area contributed by atoms with Crippen molar-refractivity contribution in [3.8, 4) is 0 Å². The van der Waals surface area contributed by atoms with Gasteiger partial charge in [-0.2, -0.15) is 0 Å². The number of imide groups is 1. The predicted molar refractivity (Wildman–Crippen MR) is 125 cm³/mol. The van der Waals surface area contributed by atoms with Crippen LogP contribution in [-0.4, -0.2) is 38.5 Å². The zero-order valence-electron chi connectivity index (χ0n) is 17.6. The van der Waals surface area contributed by atoms with Crippen molar-refractivity contribution in [1.82, 2.24) is 14.9 Å². The van der Waals surface area contributed by atoms with Crippen LogP contribution in [0, 0.1) is 6.92 Å². The van der Waals surface area contributed by atoms with Gasteiger partial charge in [-0.1, -0.05) is 36.4 Å². The van der Waals surface area contributed by atoms with Crippen LogP contribution in [0.5, 0.6) is 0 Å². The first-order valence-corrected chi connectivity index (χ1v) is 12.7. The standard InChI is InChI=1S/C24H25N3O2S2/c1-15-25-21-20(17-11-5-6-12-18(17)30-21)22(26-15)31-19-13-7-8-14-27(24(19)29)23(28)16-9-3-2-4-10-16/h2-4,9-10,19H,5-8,11-14H2,1H3. The van der Waals surface area contributed by atoms with E-state index in [1.807, 2.05) is 25.1 Å². The van der Waals surface area contributed by atoms with E-state index in [4.69, 9.17) is 9.97 Å². The Kier molecular flexibility index (Phi) is 5.80. The summed E-state index contributed by atoms with van der Waals surface area (Å²) >= 11 is 3.32. The van der Waals surface area contributed by atoms with Crippen molar-refractivity contribution in [2.75, 3.05) is 6.54 Å². The summed E-state index contributed by atoms with van der Waals surface area (Å²) in [6, 6.07) is 9.10. The summed E-state index contributed by atoms with van der Waals surface area (Å²) in [5, 5.41) is 1.76. The summed E-state index contributed by atoms with van der Waals surface area (Å²) in [7, 11) is 0. The fourth-order valence-electron chi connectivity index (χ4n) is 4.50. The molecule has 3 aromatic rings. The Morgan fingerprint density at radius 2 is 1.90 bits per heavy atom. The third-order valence-electron chi connectivity index (χ3n) is 6.05. The number of likely N-dealkylation sites (tertiary alicyclic amines) is 1. The lowest BCUT2D eigenvalue weighted by molar-refractivity contribution is -0.127. The molecule has 1 fully saturated rings. The number of thiophene rings is 1. The van der Waals surface area contributed by atoms with Gasteiger partial charge in [-0.05, 0) is 63.1 Å². The van der Waals surface area contributed by atoms with Gasteiger partial charge in [0, 0.05) is 22.4 Å². The number of aromatic nitrogens is 2. The van der Waals surface area contributed by atoms with Gasteiger partial charge in [0.05, 0.1) is 5.25 Å². The van der Waals surface area contributed by atoms with Crippen LogP contribution in [0.3, 0.4) is 0 Å². The average molecular weight is 452 g/mol. The molecule has 5 rings (SSSR count). The Morgan fingerprint density at radius 1 is 1.10 bits per heavy atom. The number of aryl methyl sites for hydroxylation is 3. The molecule has 0 saturated carbocycles. The minimum atomic E-state index is -0.299. The molecule has 1 aromatic carbocycles. The maximum absolute atomic E-state index is 13.5. The van der Waals surface area contributed by atoms with Gasteiger partial charge in [0.25, 0.3) is 5.91 Å². The number of benzene rings is 1. The molecule has 0 bridgehead atoms. The van der Waals surface area contributed by atoms with Crippen molar-refractivity contribution in [3.63, 3.8) is 0 Å². The molecule has 0 N–H and O–H groups in total. The molecule has 2 aromatic heterocycles. The third-order valence-corrected chi connectivity index (χ3v) is 8.48.